The van der Waals surface area contributed by atoms with Crippen LogP contribution in [0.5, 0.6) is 0 Å². The molecule has 1 fully saturated rings. The van der Waals surface area contributed by atoms with Gasteiger partial charge in [0.05, 0.1) is 6.20 Å². The molecule has 4 nitrogen and oxygen atoms in total. The Hall–Kier alpha value is -0.970. The van der Waals surface area contributed by atoms with Crippen LogP contribution in [0.1, 0.15) is 12.0 Å². The van der Waals surface area contributed by atoms with Crippen LogP contribution in [-0.2, 0) is 11.2 Å². The van der Waals surface area contributed by atoms with E-state index in [1.807, 2.05) is 11.1 Å². The first-order valence-corrected chi connectivity index (χ1v) is 5.79. The minimum absolute atomic E-state index is 0.262. The summed E-state index contributed by atoms with van der Waals surface area (Å²) in [6, 6.07) is 0. The molecule has 1 unspecified atom stereocenters. The Balaban J connectivity index is 1.83. The summed E-state index contributed by atoms with van der Waals surface area (Å²) >= 11 is 4.23. The lowest BCUT2D eigenvalue weighted by atomic mass is 10.1. The fourth-order valence-corrected chi connectivity index (χ4v) is 2.12. The van der Waals surface area contributed by atoms with Gasteiger partial charge in [-0.1, -0.05) is 0 Å². The largest absolute Gasteiger partial charge is 0.342 e. The molecule has 0 spiro atoms. The summed E-state index contributed by atoms with van der Waals surface area (Å²) < 4.78 is 0. The number of likely N-dealkylation sites (tertiary alicyclic amines) is 1. The van der Waals surface area contributed by atoms with Crippen molar-refractivity contribution in [3.63, 3.8) is 0 Å². The van der Waals surface area contributed by atoms with E-state index in [2.05, 4.69) is 22.8 Å². The molecule has 0 bridgehead atoms. The van der Waals surface area contributed by atoms with Crippen molar-refractivity contribution < 1.29 is 4.79 Å². The van der Waals surface area contributed by atoms with E-state index in [9.17, 15) is 4.79 Å². The molecule has 1 saturated heterocycles. The summed E-state index contributed by atoms with van der Waals surface area (Å²) in [5.74, 6) is 1.50. The third kappa shape index (κ3) is 2.53. The van der Waals surface area contributed by atoms with Gasteiger partial charge in [-0.05, 0) is 23.7 Å². The van der Waals surface area contributed by atoms with Crippen LogP contribution in [0, 0.1) is 5.92 Å². The highest BCUT2D eigenvalue weighted by molar-refractivity contribution is 7.80. The molecule has 1 amide bonds. The van der Waals surface area contributed by atoms with Crippen LogP contribution in [0.2, 0.25) is 0 Å². The zero-order valence-electron chi connectivity index (χ0n) is 8.52. The number of nitrogens with one attached hydrogen (secondary N) is 1. The van der Waals surface area contributed by atoms with Crippen LogP contribution in [0.4, 0.5) is 0 Å². The van der Waals surface area contributed by atoms with E-state index in [1.54, 1.807) is 6.20 Å². The van der Waals surface area contributed by atoms with Gasteiger partial charge in [0, 0.05) is 25.7 Å². The van der Waals surface area contributed by atoms with Crippen molar-refractivity contribution in [2.75, 3.05) is 18.8 Å². The molecule has 0 aliphatic carbocycles. The molecule has 2 rings (SSSR count). The van der Waals surface area contributed by atoms with Crippen LogP contribution in [0.15, 0.2) is 12.4 Å². The van der Waals surface area contributed by atoms with E-state index in [4.69, 9.17) is 0 Å². The number of carbonyl (C=O) groups is 1. The van der Waals surface area contributed by atoms with Crippen molar-refractivity contribution in [2.45, 2.75) is 12.8 Å². The summed E-state index contributed by atoms with van der Waals surface area (Å²) in [7, 11) is 0. The molecule has 1 aromatic heterocycles. The number of hydrogen-bond acceptors (Lipinski definition) is 3. The smallest absolute Gasteiger partial charge is 0.222 e. The molecule has 0 aromatic carbocycles. The monoisotopic (exact) mass is 225 g/mol. The lowest BCUT2D eigenvalue weighted by Crippen LogP contribution is -2.27. The van der Waals surface area contributed by atoms with Crippen molar-refractivity contribution in [1.29, 1.82) is 0 Å². The fraction of sp³-hybridized carbons (Fsp3) is 0.600. The zero-order chi connectivity index (χ0) is 10.7. The molecule has 0 radical (unpaired) electrons. The molecular weight excluding hydrogens is 210 g/mol. The number of H-pyrrole nitrogens is 1. The van der Waals surface area contributed by atoms with E-state index < -0.39 is 0 Å². The Kier molecular flexibility index (Phi) is 3.30. The van der Waals surface area contributed by atoms with E-state index in [1.165, 1.54) is 0 Å². The van der Waals surface area contributed by atoms with Gasteiger partial charge in [0.25, 0.3) is 0 Å². The highest BCUT2D eigenvalue weighted by Gasteiger charge is 2.27. The molecule has 1 N–H and O–H groups in total. The molecule has 2 heterocycles. The standard InChI is InChI=1S/C10H15N3OS/c14-10-3-9(7-15)6-13(10)2-1-8-4-11-12-5-8/h4-5,9,15H,1-3,6-7H2,(H,11,12). The molecule has 15 heavy (non-hydrogen) atoms. The molecule has 82 valence electrons. The molecule has 5 heteroatoms. The Morgan fingerprint density at radius 3 is 3.13 bits per heavy atom. The third-order valence-electron chi connectivity index (χ3n) is 2.78. The second kappa shape index (κ2) is 4.70. The van der Waals surface area contributed by atoms with Gasteiger partial charge in [-0.25, -0.2) is 0 Å². The maximum atomic E-state index is 11.6. The summed E-state index contributed by atoms with van der Waals surface area (Å²) in [4.78, 5) is 13.5. The molecule has 1 aliphatic rings. The lowest BCUT2D eigenvalue weighted by Gasteiger charge is -2.15. The van der Waals surface area contributed by atoms with E-state index >= 15 is 0 Å². The average molecular weight is 225 g/mol. The maximum Gasteiger partial charge on any atom is 0.222 e. The topological polar surface area (TPSA) is 49.0 Å². The predicted molar refractivity (Wildman–Crippen MR) is 60.8 cm³/mol. The van der Waals surface area contributed by atoms with E-state index in [0.29, 0.717) is 12.3 Å². The van der Waals surface area contributed by atoms with E-state index in [0.717, 1.165) is 30.8 Å². The molecule has 1 aromatic rings. The summed E-state index contributed by atoms with van der Waals surface area (Å²) in [5.41, 5.74) is 1.15. The Labute approximate surface area is 94.5 Å². The predicted octanol–water partition coefficient (Wildman–Crippen LogP) is 0.730. The zero-order valence-corrected chi connectivity index (χ0v) is 9.41. The van der Waals surface area contributed by atoms with Crippen LogP contribution < -0.4 is 0 Å². The quantitative estimate of drug-likeness (QED) is 0.742. The summed E-state index contributed by atoms with van der Waals surface area (Å²) in [6.07, 6.45) is 5.21. The first-order valence-electron chi connectivity index (χ1n) is 5.16. The first-order chi connectivity index (χ1) is 7.29. The molecule has 1 atom stereocenters. The minimum Gasteiger partial charge on any atom is -0.342 e. The second-order valence-electron chi connectivity index (χ2n) is 3.95. The minimum atomic E-state index is 0.262. The normalized spacial score (nSPS) is 21.3. The fourth-order valence-electron chi connectivity index (χ4n) is 1.87. The number of aromatic amines is 1. The molecule has 0 saturated carbocycles. The van der Waals surface area contributed by atoms with Crippen LogP contribution in [0.25, 0.3) is 0 Å². The average Bonchev–Trinajstić information content (AvgIpc) is 2.84. The van der Waals surface area contributed by atoms with Crippen molar-refractivity contribution in [3.05, 3.63) is 18.0 Å². The van der Waals surface area contributed by atoms with Crippen molar-refractivity contribution in [2.24, 2.45) is 5.92 Å². The van der Waals surface area contributed by atoms with Crippen molar-refractivity contribution in [3.8, 4) is 0 Å². The number of thiol groups is 1. The lowest BCUT2D eigenvalue weighted by molar-refractivity contribution is -0.127. The van der Waals surface area contributed by atoms with Crippen LogP contribution in [0.3, 0.4) is 0 Å². The number of aromatic nitrogens is 2. The van der Waals surface area contributed by atoms with Gasteiger partial charge in [-0.2, -0.15) is 17.7 Å². The number of carbonyl (C=O) groups excluding carboxylic acids is 1. The summed E-state index contributed by atoms with van der Waals surface area (Å²) in [6.45, 7) is 1.66. The Morgan fingerprint density at radius 2 is 2.53 bits per heavy atom. The third-order valence-corrected chi connectivity index (χ3v) is 3.29. The number of amides is 1. The second-order valence-corrected chi connectivity index (χ2v) is 4.31. The van der Waals surface area contributed by atoms with E-state index in [-0.39, 0.29) is 5.91 Å². The first kappa shape index (κ1) is 10.5. The van der Waals surface area contributed by atoms with Gasteiger partial charge in [0.2, 0.25) is 5.91 Å². The van der Waals surface area contributed by atoms with Gasteiger partial charge in [-0.15, -0.1) is 0 Å². The molecule has 1 aliphatic heterocycles. The number of nitrogens with zero attached hydrogens (tertiary/aromatic N) is 2. The van der Waals surface area contributed by atoms with Crippen LogP contribution >= 0.6 is 12.6 Å². The molecular formula is C10H15N3OS. The van der Waals surface area contributed by atoms with Gasteiger partial charge in [0.15, 0.2) is 0 Å². The highest BCUT2D eigenvalue weighted by Crippen LogP contribution is 2.18. The Morgan fingerprint density at radius 1 is 1.67 bits per heavy atom. The van der Waals surface area contributed by atoms with Gasteiger partial charge < -0.3 is 4.90 Å². The van der Waals surface area contributed by atoms with Gasteiger partial charge in [0.1, 0.15) is 0 Å². The highest BCUT2D eigenvalue weighted by atomic mass is 32.1. The van der Waals surface area contributed by atoms with Crippen molar-refractivity contribution in [1.82, 2.24) is 15.1 Å². The van der Waals surface area contributed by atoms with Crippen molar-refractivity contribution >= 4 is 18.5 Å². The SMILES string of the molecule is O=C1CC(CS)CN1CCc1cn[nH]c1. The van der Waals surface area contributed by atoms with Crippen LogP contribution in [-0.4, -0.2) is 39.8 Å². The number of hydrogen-bond donors (Lipinski definition) is 2. The number of rotatable bonds is 4. The Bertz CT molecular complexity index is 325. The summed E-state index contributed by atoms with van der Waals surface area (Å²) in [5, 5.41) is 6.65. The maximum absolute atomic E-state index is 11.6. The van der Waals surface area contributed by atoms with Gasteiger partial charge in [-0.3, -0.25) is 9.89 Å². The van der Waals surface area contributed by atoms with Gasteiger partial charge >= 0.3 is 0 Å².